The lowest BCUT2D eigenvalue weighted by Crippen LogP contribution is -2.50. The molecule has 3 heterocycles. The van der Waals surface area contributed by atoms with E-state index in [1.165, 1.54) is 31.9 Å². The second kappa shape index (κ2) is 6.76. The molecule has 0 amide bonds. The highest BCUT2D eigenvalue weighted by molar-refractivity contribution is 7.89. The molecule has 144 valence electrons. The minimum Gasteiger partial charge on any atom is -0.272 e. The summed E-state index contributed by atoms with van der Waals surface area (Å²) in [4.78, 5) is 0.277. The first kappa shape index (κ1) is 19.0. The van der Waals surface area contributed by atoms with E-state index in [1.807, 2.05) is 6.92 Å². The van der Waals surface area contributed by atoms with E-state index in [2.05, 4.69) is 10.2 Å². The molecule has 0 saturated carbocycles. The van der Waals surface area contributed by atoms with Gasteiger partial charge in [0.2, 0.25) is 20.0 Å². The Hall–Kier alpha value is -1.76. The van der Waals surface area contributed by atoms with Gasteiger partial charge in [-0.15, -0.1) is 0 Å². The molecular weight excluding hydrogens is 380 g/mol. The van der Waals surface area contributed by atoms with Gasteiger partial charge in [0.1, 0.15) is 9.79 Å². The van der Waals surface area contributed by atoms with Gasteiger partial charge in [-0.3, -0.25) is 9.36 Å². The zero-order chi connectivity index (χ0) is 19.1. The first-order chi connectivity index (χ1) is 12.2. The lowest BCUT2D eigenvalue weighted by atomic mass is 10.4. The van der Waals surface area contributed by atoms with Crippen molar-refractivity contribution in [2.45, 2.75) is 30.2 Å². The largest absolute Gasteiger partial charge is 0.272 e. The molecule has 1 aliphatic rings. The number of hydrogen-bond acceptors (Lipinski definition) is 6. The fourth-order valence-corrected chi connectivity index (χ4v) is 5.81. The van der Waals surface area contributed by atoms with Crippen molar-refractivity contribution >= 4 is 20.0 Å². The van der Waals surface area contributed by atoms with Crippen LogP contribution in [0.15, 0.2) is 28.4 Å². The van der Waals surface area contributed by atoms with Crippen molar-refractivity contribution in [3.05, 3.63) is 24.3 Å². The van der Waals surface area contributed by atoms with E-state index >= 15 is 0 Å². The van der Waals surface area contributed by atoms with E-state index in [0.29, 0.717) is 12.2 Å². The summed E-state index contributed by atoms with van der Waals surface area (Å²) in [5, 5.41) is 7.97. The highest BCUT2D eigenvalue weighted by atomic mass is 32.2. The second-order valence-electron chi connectivity index (χ2n) is 6.06. The van der Waals surface area contributed by atoms with Crippen molar-refractivity contribution < 1.29 is 16.8 Å². The Kier molecular flexibility index (Phi) is 4.94. The Bertz CT molecular complexity index is 1000. The minimum absolute atomic E-state index is 0.0951. The van der Waals surface area contributed by atoms with Gasteiger partial charge in [-0.05, 0) is 13.8 Å². The number of aromatic nitrogens is 4. The molecule has 0 spiro atoms. The number of sulfonamides is 2. The Morgan fingerprint density at radius 3 is 2.00 bits per heavy atom. The van der Waals surface area contributed by atoms with Gasteiger partial charge in [-0.25, -0.2) is 16.8 Å². The molecule has 26 heavy (non-hydrogen) atoms. The molecule has 10 nitrogen and oxygen atoms in total. The van der Waals surface area contributed by atoms with E-state index in [1.54, 1.807) is 18.7 Å². The van der Waals surface area contributed by atoms with Crippen molar-refractivity contribution in [3.8, 4) is 0 Å². The highest BCUT2D eigenvalue weighted by Crippen LogP contribution is 2.23. The summed E-state index contributed by atoms with van der Waals surface area (Å²) in [6.45, 7) is 4.51. The number of rotatable bonds is 5. The zero-order valence-corrected chi connectivity index (χ0v) is 16.5. The van der Waals surface area contributed by atoms with Crippen LogP contribution in [-0.4, -0.2) is 71.2 Å². The summed E-state index contributed by atoms with van der Waals surface area (Å²) in [6, 6.07) is 0. The van der Waals surface area contributed by atoms with Crippen LogP contribution in [0.2, 0.25) is 0 Å². The lowest BCUT2D eigenvalue weighted by molar-refractivity contribution is 0.272. The van der Waals surface area contributed by atoms with Gasteiger partial charge in [0.25, 0.3) is 0 Å². The van der Waals surface area contributed by atoms with Crippen LogP contribution < -0.4 is 0 Å². The van der Waals surface area contributed by atoms with Gasteiger partial charge in [0.05, 0.1) is 18.1 Å². The standard InChI is InChI=1S/C14H22N6O4S2/c1-4-18-11-13(9-16-18)25(21,22)19-5-7-20(8-6-19)26(23,24)14-10-15-17(3)12(14)2/h9-11H,4-8H2,1-3H3. The number of piperazine rings is 1. The van der Waals surface area contributed by atoms with Crippen LogP contribution in [0.5, 0.6) is 0 Å². The SMILES string of the molecule is CCn1cc(S(=O)(=O)N2CCN(S(=O)(=O)c3cnn(C)c3C)CC2)cn1. The Balaban J connectivity index is 1.75. The van der Waals surface area contributed by atoms with E-state index in [0.717, 1.165) is 0 Å². The summed E-state index contributed by atoms with van der Waals surface area (Å²) in [5.74, 6) is 0. The average molecular weight is 403 g/mol. The van der Waals surface area contributed by atoms with Gasteiger partial charge in [0, 0.05) is 46.0 Å². The molecule has 1 fully saturated rings. The lowest BCUT2D eigenvalue weighted by Gasteiger charge is -2.32. The third-order valence-corrected chi connectivity index (χ3v) is 8.43. The van der Waals surface area contributed by atoms with Crippen LogP contribution >= 0.6 is 0 Å². The fraction of sp³-hybridized carbons (Fsp3) is 0.571. The van der Waals surface area contributed by atoms with Crippen molar-refractivity contribution in [2.75, 3.05) is 26.2 Å². The van der Waals surface area contributed by atoms with Crippen molar-refractivity contribution in [1.82, 2.24) is 28.2 Å². The topological polar surface area (TPSA) is 110 Å². The molecule has 0 aliphatic carbocycles. The van der Waals surface area contributed by atoms with Crippen LogP contribution in [0, 0.1) is 6.92 Å². The van der Waals surface area contributed by atoms with Crippen molar-refractivity contribution in [2.24, 2.45) is 7.05 Å². The molecule has 2 aromatic rings. The maximum Gasteiger partial charge on any atom is 0.246 e. The quantitative estimate of drug-likeness (QED) is 0.675. The van der Waals surface area contributed by atoms with E-state index in [4.69, 9.17) is 0 Å². The molecule has 0 bridgehead atoms. The normalized spacial score (nSPS) is 17.7. The molecule has 12 heteroatoms. The predicted octanol–water partition coefficient (Wildman–Crippen LogP) is -0.360. The summed E-state index contributed by atoms with van der Waals surface area (Å²) in [5.41, 5.74) is 0.548. The number of aryl methyl sites for hydroxylation is 2. The molecule has 0 N–H and O–H groups in total. The maximum atomic E-state index is 12.8. The first-order valence-corrected chi connectivity index (χ1v) is 11.1. The van der Waals surface area contributed by atoms with Gasteiger partial charge < -0.3 is 0 Å². The van der Waals surface area contributed by atoms with Crippen LogP contribution in [0.1, 0.15) is 12.6 Å². The average Bonchev–Trinajstić information content (AvgIpc) is 3.23. The summed E-state index contributed by atoms with van der Waals surface area (Å²) >= 11 is 0. The van der Waals surface area contributed by atoms with E-state index < -0.39 is 20.0 Å². The van der Waals surface area contributed by atoms with Crippen LogP contribution in [0.3, 0.4) is 0 Å². The van der Waals surface area contributed by atoms with Gasteiger partial charge in [0.15, 0.2) is 0 Å². The highest BCUT2D eigenvalue weighted by Gasteiger charge is 2.35. The third kappa shape index (κ3) is 3.17. The molecule has 1 aliphatic heterocycles. The van der Waals surface area contributed by atoms with Crippen LogP contribution in [0.4, 0.5) is 0 Å². The second-order valence-corrected chi connectivity index (χ2v) is 9.90. The predicted molar refractivity (Wildman–Crippen MR) is 93.4 cm³/mol. The van der Waals surface area contributed by atoms with Crippen LogP contribution in [0.25, 0.3) is 0 Å². The maximum absolute atomic E-state index is 12.8. The molecule has 0 aromatic carbocycles. The molecular formula is C14H22N6O4S2. The number of nitrogens with zero attached hydrogens (tertiary/aromatic N) is 6. The monoisotopic (exact) mass is 402 g/mol. The summed E-state index contributed by atoms with van der Waals surface area (Å²) < 4.78 is 56.6. The van der Waals surface area contributed by atoms with Crippen molar-refractivity contribution in [3.63, 3.8) is 0 Å². The molecule has 1 saturated heterocycles. The third-order valence-electron chi connectivity index (χ3n) is 4.58. The zero-order valence-electron chi connectivity index (χ0n) is 14.9. The Morgan fingerprint density at radius 2 is 1.54 bits per heavy atom. The van der Waals surface area contributed by atoms with Crippen LogP contribution in [-0.2, 0) is 33.6 Å². The van der Waals surface area contributed by atoms with Crippen molar-refractivity contribution in [1.29, 1.82) is 0 Å². The van der Waals surface area contributed by atoms with Gasteiger partial charge >= 0.3 is 0 Å². The van der Waals surface area contributed by atoms with Gasteiger partial charge in [-0.1, -0.05) is 0 Å². The Labute approximate surface area is 153 Å². The number of hydrogen-bond donors (Lipinski definition) is 0. The smallest absolute Gasteiger partial charge is 0.246 e. The first-order valence-electron chi connectivity index (χ1n) is 8.19. The summed E-state index contributed by atoms with van der Waals surface area (Å²) in [7, 11) is -5.69. The minimum atomic E-state index is -3.69. The van der Waals surface area contributed by atoms with E-state index in [9.17, 15) is 16.8 Å². The fourth-order valence-electron chi connectivity index (χ4n) is 2.82. The molecule has 2 aromatic heterocycles. The molecule has 3 rings (SSSR count). The molecule has 0 unspecified atom stereocenters. The molecule has 0 radical (unpaired) electrons. The Morgan fingerprint density at radius 1 is 0.962 bits per heavy atom. The van der Waals surface area contributed by atoms with Gasteiger partial charge in [-0.2, -0.15) is 18.8 Å². The van der Waals surface area contributed by atoms with E-state index in [-0.39, 0.29) is 36.0 Å². The summed E-state index contributed by atoms with van der Waals surface area (Å²) in [6.07, 6.45) is 4.13. The molecule has 0 atom stereocenters.